The number of nitrogens with one attached hydrogen (secondary N) is 2. The first kappa shape index (κ1) is 19.7. The van der Waals surface area contributed by atoms with Gasteiger partial charge in [-0.15, -0.1) is 0 Å². The third kappa shape index (κ3) is 4.07. The molecule has 1 saturated heterocycles. The van der Waals surface area contributed by atoms with Gasteiger partial charge in [0, 0.05) is 25.0 Å². The topological polar surface area (TPSA) is 94.5 Å². The van der Waals surface area contributed by atoms with E-state index in [1.807, 2.05) is 10.6 Å². The quantitative estimate of drug-likeness (QED) is 0.723. The van der Waals surface area contributed by atoms with Crippen molar-refractivity contribution in [2.24, 2.45) is 0 Å². The van der Waals surface area contributed by atoms with Crippen molar-refractivity contribution in [2.75, 3.05) is 24.4 Å². The maximum absolute atomic E-state index is 12.7. The van der Waals surface area contributed by atoms with E-state index in [1.54, 1.807) is 6.20 Å². The van der Waals surface area contributed by atoms with Crippen LogP contribution in [-0.4, -0.2) is 47.3 Å². The number of rotatable bonds is 6. The highest BCUT2D eigenvalue weighted by Crippen LogP contribution is 2.34. The van der Waals surface area contributed by atoms with Gasteiger partial charge in [0.05, 0.1) is 37.3 Å². The summed E-state index contributed by atoms with van der Waals surface area (Å²) < 4.78 is 12.6. The number of pyridine rings is 1. The van der Waals surface area contributed by atoms with Crippen molar-refractivity contribution in [3.63, 3.8) is 0 Å². The van der Waals surface area contributed by atoms with Crippen LogP contribution in [0.5, 0.6) is 0 Å². The van der Waals surface area contributed by atoms with Crippen LogP contribution in [0.4, 0.5) is 11.4 Å². The van der Waals surface area contributed by atoms with E-state index in [9.17, 15) is 9.59 Å². The van der Waals surface area contributed by atoms with E-state index in [0.717, 1.165) is 43.4 Å². The summed E-state index contributed by atoms with van der Waals surface area (Å²) in [4.78, 5) is 29.2. The van der Waals surface area contributed by atoms with Crippen molar-refractivity contribution < 1.29 is 19.1 Å². The summed E-state index contributed by atoms with van der Waals surface area (Å²) >= 11 is 0. The number of esters is 1. The number of carbonyl (C=O) groups is 2. The number of anilines is 2. The molecule has 2 aromatic heterocycles. The van der Waals surface area contributed by atoms with Gasteiger partial charge >= 0.3 is 5.97 Å². The molecular weight excluding hydrogens is 372 g/mol. The lowest BCUT2D eigenvalue weighted by Crippen LogP contribution is -2.21. The van der Waals surface area contributed by atoms with E-state index in [-0.39, 0.29) is 12.0 Å². The second-order valence-electron chi connectivity index (χ2n) is 7.86. The Kier molecular flexibility index (Phi) is 5.71. The fraction of sp³-hybridized carbons (Fsp3) is 0.571. The van der Waals surface area contributed by atoms with E-state index < -0.39 is 5.97 Å². The van der Waals surface area contributed by atoms with Crippen LogP contribution in [0.15, 0.2) is 12.3 Å². The van der Waals surface area contributed by atoms with Gasteiger partial charge in [0.25, 0.3) is 0 Å². The van der Waals surface area contributed by atoms with Crippen molar-refractivity contribution in [1.82, 2.24) is 9.55 Å². The van der Waals surface area contributed by atoms with Crippen LogP contribution >= 0.6 is 0 Å². The number of nitrogens with zero attached hydrogens (tertiary/aromatic N) is 2. The maximum Gasteiger partial charge on any atom is 0.356 e. The fourth-order valence-corrected chi connectivity index (χ4v) is 4.39. The molecule has 2 fully saturated rings. The lowest BCUT2D eigenvalue weighted by Gasteiger charge is -2.15. The van der Waals surface area contributed by atoms with Crippen molar-refractivity contribution in [3.8, 4) is 0 Å². The minimum atomic E-state index is -0.505. The first-order valence-electron chi connectivity index (χ1n) is 10.3. The van der Waals surface area contributed by atoms with Crippen LogP contribution in [0.3, 0.4) is 0 Å². The average Bonchev–Trinajstić information content (AvgIpc) is 3.44. The number of methoxy groups -OCH3 is 1. The third-order valence-corrected chi connectivity index (χ3v) is 5.71. The summed E-state index contributed by atoms with van der Waals surface area (Å²) in [5.74, 6) is -0.754. The second-order valence-corrected chi connectivity index (χ2v) is 7.86. The minimum absolute atomic E-state index is 0.0114. The Hall–Kier alpha value is -2.61. The van der Waals surface area contributed by atoms with E-state index >= 15 is 0 Å². The maximum atomic E-state index is 12.7. The highest BCUT2D eigenvalue weighted by Gasteiger charge is 2.28. The number of ether oxygens (including phenoxy) is 2. The molecular formula is C21H28N4O4. The molecule has 1 saturated carbocycles. The van der Waals surface area contributed by atoms with Crippen molar-refractivity contribution in [1.29, 1.82) is 0 Å². The summed E-state index contributed by atoms with van der Waals surface area (Å²) in [6.07, 6.45) is 8.48. The largest absolute Gasteiger partial charge is 0.464 e. The van der Waals surface area contributed by atoms with Gasteiger partial charge in [-0.3, -0.25) is 4.79 Å². The van der Waals surface area contributed by atoms with Crippen LogP contribution in [0.25, 0.3) is 11.0 Å². The lowest BCUT2D eigenvalue weighted by molar-refractivity contribution is -0.114. The highest BCUT2D eigenvalue weighted by molar-refractivity contribution is 6.10. The molecule has 0 radical (unpaired) electrons. The summed E-state index contributed by atoms with van der Waals surface area (Å²) in [5.41, 5.74) is 2.28. The minimum Gasteiger partial charge on any atom is -0.464 e. The predicted molar refractivity (Wildman–Crippen MR) is 110 cm³/mol. The van der Waals surface area contributed by atoms with Crippen molar-refractivity contribution in [2.45, 2.75) is 64.1 Å². The zero-order chi connectivity index (χ0) is 20.4. The van der Waals surface area contributed by atoms with Gasteiger partial charge in [-0.2, -0.15) is 0 Å². The van der Waals surface area contributed by atoms with Crippen LogP contribution in [0.1, 0.15) is 55.9 Å². The molecule has 1 unspecified atom stereocenters. The number of fused-ring (bicyclic) bond motifs is 1. The molecule has 1 amide bonds. The Morgan fingerprint density at radius 2 is 2.07 bits per heavy atom. The second kappa shape index (κ2) is 8.41. The Morgan fingerprint density at radius 3 is 2.72 bits per heavy atom. The average molecular weight is 400 g/mol. The molecule has 2 aliphatic rings. The van der Waals surface area contributed by atoms with E-state index in [4.69, 9.17) is 9.47 Å². The molecule has 0 aromatic carbocycles. The Balaban J connectivity index is 1.81. The molecule has 156 valence electrons. The molecule has 8 heteroatoms. The van der Waals surface area contributed by atoms with Crippen LogP contribution in [0, 0.1) is 0 Å². The summed E-state index contributed by atoms with van der Waals surface area (Å²) in [7, 11) is 1.34. The zero-order valence-electron chi connectivity index (χ0n) is 17.0. The van der Waals surface area contributed by atoms with Gasteiger partial charge < -0.3 is 24.7 Å². The van der Waals surface area contributed by atoms with E-state index in [0.29, 0.717) is 29.6 Å². The number of amides is 1. The standard InChI is InChI=1S/C21H28N4O4/c1-13(26)23-18-17-10-15(24-14-6-3-4-7-14)11-22-20(17)25(19(18)21(27)28-2)12-16-8-5-9-29-16/h10-11,14,16,24H,3-9,12H2,1-2H3,(H,23,26). The Bertz CT molecular complexity index is 911. The molecule has 3 heterocycles. The fourth-order valence-electron chi connectivity index (χ4n) is 4.39. The van der Waals surface area contributed by atoms with Crippen LogP contribution in [0.2, 0.25) is 0 Å². The molecule has 29 heavy (non-hydrogen) atoms. The van der Waals surface area contributed by atoms with Crippen LogP contribution in [-0.2, 0) is 20.8 Å². The number of hydrogen-bond donors (Lipinski definition) is 2. The molecule has 1 aliphatic heterocycles. The molecule has 0 bridgehead atoms. The Morgan fingerprint density at radius 1 is 1.28 bits per heavy atom. The number of hydrogen-bond acceptors (Lipinski definition) is 6. The van der Waals surface area contributed by atoms with Gasteiger partial charge in [0.1, 0.15) is 5.65 Å². The summed E-state index contributed by atoms with van der Waals surface area (Å²) in [5, 5.41) is 7.09. The highest BCUT2D eigenvalue weighted by atomic mass is 16.5. The normalized spacial score (nSPS) is 19.6. The number of carbonyl (C=O) groups excluding carboxylic acids is 2. The van der Waals surface area contributed by atoms with E-state index in [2.05, 4.69) is 15.6 Å². The predicted octanol–water partition coefficient (Wildman–Crippen LogP) is 3.31. The SMILES string of the molecule is COC(=O)c1c(NC(C)=O)c2cc(NC3CCCC3)cnc2n1CC1CCCO1. The van der Waals surface area contributed by atoms with Gasteiger partial charge in [-0.05, 0) is 31.7 Å². The third-order valence-electron chi connectivity index (χ3n) is 5.71. The molecule has 0 spiro atoms. The van der Waals surface area contributed by atoms with Gasteiger partial charge in [-0.25, -0.2) is 9.78 Å². The molecule has 4 rings (SSSR count). The molecule has 8 nitrogen and oxygen atoms in total. The van der Waals surface area contributed by atoms with E-state index in [1.165, 1.54) is 26.9 Å². The summed E-state index contributed by atoms with van der Waals surface area (Å²) in [6.45, 7) is 2.64. The van der Waals surface area contributed by atoms with Crippen molar-refractivity contribution in [3.05, 3.63) is 18.0 Å². The first-order chi connectivity index (χ1) is 14.1. The first-order valence-corrected chi connectivity index (χ1v) is 10.3. The van der Waals surface area contributed by atoms with Gasteiger partial charge in [0.15, 0.2) is 5.69 Å². The molecule has 2 aromatic rings. The van der Waals surface area contributed by atoms with Crippen molar-refractivity contribution >= 4 is 34.3 Å². The van der Waals surface area contributed by atoms with Gasteiger partial charge in [-0.1, -0.05) is 12.8 Å². The van der Waals surface area contributed by atoms with Gasteiger partial charge in [0.2, 0.25) is 5.91 Å². The van der Waals surface area contributed by atoms with Crippen LogP contribution < -0.4 is 10.6 Å². The Labute approximate surface area is 169 Å². The molecule has 1 aliphatic carbocycles. The summed E-state index contributed by atoms with van der Waals surface area (Å²) in [6, 6.07) is 2.40. The zero-order valence-corrected chi connectivity index (χ0v) is 17.0. The lowest BCUT2D eigenvalue weighted by atomic mass is 10.2. The molecule has 2 N–H and O–H groups in total. The monoisotopic (exact) mass is 400 g/mol. The smallest absolute Gasteiger partial charge is 0.356 e. The molecule has 1 atom stereocenters. The number of aromatic nitrogens is 2.